The summed E-state index contributed by atoms with van der Waals surface area (Å²) < 4.78 is 53.4. The monoisotopic (exact) mass is 432 g/mol. The molecule has 31 heavy (non-hydrogen) atoms. The zero-order chi connectivity index (χ0) is 22.4. The van der Waals surface area contributed by atoms with Gasteiger partial charge in [-0.3, -0.25) is 4.79 Å². The van der Waals surface area contributed by atoms with Crippen molar-refractivity contribution in [1.29, 1.82) is 5.26 Å². The molecule has 0 saturated heterocycles. The minimum Gasteiger partial charge on any atom is -0.497 e. The molecule has 2 aromatic rings. The van der Waals surface area contributed by atoms with E-state index in [1.807, 2.05) is 0 Å². The molecule has 0 atom stereocenters. The first-order valence-corrected chi connectivity index (χ1v) is 10.0. The molecule has 0 heterocycles. The van der Waals surface area contributed by atoms with Crippen LogP contribution in [0.25, 0.3) is 0 Å². The standard InChI is InChI=1S/C23H23F3N2O3/c1-30-17-8-6-16(7-9-17)13-31-22-19(24)10-18(20(25)21(22)26)23(29)28-12-15-4-2-14(11-27)3-5-15/h6-10,14-15H,2-5,12-13H2,1H3,(H,28,29)/t14-,15-. The van der Waals surface area contributed by atoms with Gasteiger partial charge in [-0.15, -0.1) is 0 Å². The van der Waals surface area contributed by atoms with Crippen LogP contribution < -0.4 is 14.8 Å². The summed E-state index contributed by atoms with van der Waals surface area (Å²) in [5.74, 6) is -5.15. The van der Waals surface area contributed by atoms with Crippen LogP contribution in [0.1, 0.15) is 41.6 Å². The Balaban J connectivity index is 1.63. The van der Waals surface area contributed by atoms with Crippen LogP contribution in [0.3, 0.4) is 0 Å². The highest BCUT2D eigenvalue weighted by atomic mass is 19.2. The number of nitrogens with zero attached hydrogens (tertiary/aromatic N) is 1. The van der Waals surface area contributed by atoms with Gasteiger partial charge in [-0.2, -0.15) is 9.65 Å². The Hall–Kier alpha value is -3.21. The molecule has 164 valence electrons. The second-order valence-corrected chi connectivity index (χ2v) is 7.56. The van der Waals surface area contributed by atoms with E-state index >= 15 is 0 Å². The highest BCUT2D eigenvalue weighted by Gasteiger charge is 2.26. The minimum atomic E-state index is -1.55. The van der Waals surface area contributed by atoms with Gasteiger partial charge in [-0.25, -0.2) is 8.78 Å². The first-order valence-electron chi connectivity index (χ1n) is 10.0. The Kier molecular flexibility index (Phi) is 7.40. The first kappa shape index (κ1) is 22.5. The maximum Gasteiger partial charge on any atom is 0.254 e. The van der Waals surface area contributed by atoms with Crippen LogP contribution in [0, 0.1) is 40.6 Å². The molecule has 5 nitrogen and oxygen atoms in total. The Morgan fingerprint density at radius 3 is 2.42 bits per heavy atom. The summed E-state index contributed by atoms with van der Waals surface area (Å²) in [5.41, 5.74) is -0.106. The SMILES string of the molecule is COc1ccc(COc2c(F)cc(C(=O)NC[C@H]3CC[C@H](C#N)CC3)c(F)c2F)cc1. The predicted octanol–water partition coefficient (Wildman–Crippen LogP) is 4.75. The molecule has 8 heteroatoms. The molecule has 0 aliphatic heterocycles. The predicted molar refractivity (Wildman–Crippen MR) is 107 cm³/mol. The molecule has 0 unspecified atom stereocenters. The molecule has 0 radical (unpaired) electrons. The summed E-state index contributed by atoms with van der Waals surface area (Å²) in [5, 5.41) is 11.5. The van der Waals surface area contributed by atoms with Gasteiger partial charge in [0.2, 0.25) is 5.82 Å². The normalized spacial score (nSPS) is 18.2. The first-order chi connectivity index (χ1) is 14.9. The van der Waals surface area contributed by atoms with Gasteiger partial charge in [0.1, 0.15) is 12.4 Å². The number of nitriles is 1. The lowest BCUT2D eigenvalue weighted by molar-refractivity contribution is 0.0936. The molecular weight excluding hydrogens is 409 g/mol. The smallest absolute Gasteiger partial charge is 0.254 e. The molecule has 0 spiro atoms. The van der Waals surface area contributed by atoms with Crippen LogP contribution in [-0.4, -0.2) is 19.6 Å². The molecule has 2 aromatic carbocycles. The largest absolute Gasteiger partial charge is 0.497 e. The number of ether oxygens (including phenoxy) is 2. The summed E-state index contributed by atoms with van der Waals surface area (Å²) >= 11 is 0. The van der Waals surface area contributed by atoms with Crippen molar-refractivity contribution in [2.75, 3.05) is 13.7 Å². The second kappa shape index (κ2) is 10.2. The number of halogens is 3. The maximum absolute atomic E-state index is 14.4. The zero-order valence-corrected chi connectivity index (χ0v) is 17.1. The number of methoxy groups -OCH3 is 1. The average molecular weight is 432 g/mol. The van der Waals surface area contributed by atoms with Crippen LogP contribution in [-0.2, 0) is 6.61 Å². The van der Waals surface area contributed by atoms with Gasteiger partial charge in [0.15, 0.2) is 17.4 Å². The number of benzene rings is 2. The van der Waals surface area contributed by atoms with Gasteiger partial charge in [-0.1, -0.05) is 12.1 Å². The van der Waals surface area contributed by atoms with Gasteiger partial charge >= 0.3 is 0 Å². The average Bonchev–Trinajstić information content (AvgIpc) is 2.80. The second-order valence-electron chi connectivity index (χ2n) is 7.56. The number of nitrogens with one attached hydrogen (secondary N) is 1. The lowest BCUT2D eigenvalue weighted by atomic mass is 9.83. The summed E-state index contributed by atoms with van der Waals surface area (Å²) in [6.45, 7) is 0.0730. The third kappa shape index (κ3) is 5.48. The molecule has 1 saturated carbocycles. The molecule has 0 bridgehead atoms. The summed E-state index contributed by atoms with van der Waals surface area (Å²) in [4.78, 5) is 12.3. The van der Waals surface area contributed by atoms with Crippen molar-refractivity contribution in [1.82, 2.24) is 5.32 Å². The highest BCUT2D eigenvalue weighted by molar-refractivity contribution is 5.94. The highest BCUT2D eigenvalue weighted by Crippen LogP contribution is 2.29. The lowest BCUT2D eigenvalue weighted by Crippen LogP contribution is -2.32. The van der Waals surface area contributed by atoms with E-state index < -0.39 is 34.7 Å². The number of hydrogen-bond acceptors (Lipinski definition) is 4. The Bertz CT molecular complexity index is 966. The molecule has 1 fully saturated rings. The molecule has 1 N–H and O–H groups in total. The quantitative estimate of drug-likeness (QED) is 0.641. The topological polar surface area (TPSA) is 71.3 Å². The third-order valence-corrected chi connectivity index (χ3v) is 5.48. The molecule has 1 aliphatic carbocycles. The molecule has 1 amide bonds. The molecule has 1 aliphatic rings. The van der Waals surface area contributed by atoms with Crippen molar-refractivity contribution >= 4 is 5.91 Å². The van der Waals surface area contributed by atoms with Gasteiger partial charge in [-0.05, 0) is 55.4 Å². The van der Waals surface area contributed by atoms with E-state index in [-0.39, 0.29) is 25.0 Å². The fourth-order valence-electron chi connectivity index (χ4n) is 3.58. The van der Waals surface area contributed by atoms with Gasteiger partial charge in [0.25, 0.3) is 5.91 Å². The molecular formula is C23H23F3N2O3. The van der Waals surface area contributed by atoms with Gasteiger partial charge in [0.05, 0.1) is 18.7 Å². The fraction of sp³-hybridized carbons (Fsp3) is 0.391. The number of hydrogen-bond donors (Lipinski definition) is 1. The lowest BCUT2D eigenvalue weighted by Gasteiger charge is -2.24. The van der Waals surface area contributed by atoms with Gasteiger partial charge in [0, 0.05) is 12.5 Å². The van der Waals surface area contributed by atoms with E-state index in [0.29, 0.717) is 17.4 Å². The fourth-order valence-corrected chi connectivity index (χ4v) is 3.58. The van der Waals surface area contributed by atoms with Crippen LogP contribution >= 0.6 is 0 Å². The van der Waals surface area contributed by atoms with E-state index in [1.54, 1.807) is 24.3 Å². The molecule has 0 aromatic heterocycles. The van der Waals surface area contributed by atoms with Crippen LogP contribution in [0.4, 0.5) is 13.2 Å². The third-order valence-electron chi connectivity index (χ3n) is 5.48. The van der Waals surface area contributed by atoms with E-state index in [2.05, 4.69) is 11.4 Å². The van der Waals surface area contributed by atoms with Crippen molar-refractivity contribution < 1.29 is 27.4 Å². The number of carbonyl (C=O) groups is 1. The van der Waals surface area contributed by atoms with E-state index in [1.165, 1.54) is 7.11 Å². The summed E-state index contributed by atoms with van der Waals surface area (Å²) in [7, 11) is 1.51. The summed E-state index contributed by atoms with van der Waals surface area (Å²) in [6, 6.07) is 9.49. The van der Waals surface area contributed by atoms with Crippen LogP contribution in [0.15, 0.2) is 30.3 Å². The van der Waals surface area contributed by atoms with Crippen molar-refractivity contribution in [3.8, 4) is 17.6 Å². The number of amides is 1. The summed E-state index contributed by atoms with van der Waals surface area (Å²) in [6.07, 6.45) is 3.02. The van der Waals surface area contributed by atoms with Crippen molar-refractivity contribution in [3.63, 3.8) is 0 Å². The number of carbonyl (C=O) groups excluding carboxylic acids is 1. The zero-order valence-electron chi connectivity index (χ0n) is 17.1. The Labute approximate surface area is 178 Å². The Morgan fingerprint density at radius 1 is 1.13 bits per heavy atom. The van der Waals surface area contributed by atoms with Crippen molar-refractivity contribution in [2.24, 2.45) is 11.8 Å². The Morgan fingerprint density at radius 2 is 1.81 bits per heavy atom. The van der Waals surface area contributed by atoms with E-state index in [9.17, 15) is 18.0 Å². The van der Waals surface area contributed by atoms with Gasteiger partial charge < -0.3 is 14.8 Å². The van der Waals surface area contributed by atoms with Crippen molar-refractivity contribution in [3.05, 3.63) is 58.9 Å². The molecule has 3 rings (SSSR count). The van der Waals surface area contributed by atoms with E-state index in [4.69, 9.17) is 14.7 Å². The van der Waals surface area contributed by atoms with Crippen LogP contribution in [0.2, 0.25) is 0 Å². The minimum absolute atomic E-state index is 0.0260. The maximum atomic E-state index is 14.4. The number of rotatable bonds is 7. The van der Waals surface area contributed by atoms with E-state index in [0.717, 1.165) is 25.7 Å². The van der Waals surface area contributed by atoms with Crippen molar-refractivity contribution in [2.45, 2.75) is 32.3 Å². The van der Waals surface area contributed by atoms with Crippen LogP contribution in [0.5, 0.6) is 11.5 Å².